The number of hydrogen-bond acceptors (Lipinski definition) is 4. The van der Waals surface area contributed by atoms with E-state index in [2.05, 4.69) is 15.2 Å². The number of hydrogen-bond donors (Lipinski definition) is 1. The maximum absolute atomic E-state index is 12.6. The van der Waals surface area contributed by atoms with Crippen LogP contribution in [0.1, 0.15) is 18.4 Å². The van der Waals surface area contributed by atoms with E-state index in [-0.39, 0.29) is 11.8 Å². The van der Waals surface area contributed by atoms with Gasteiger partial charge in [-0.3, -0.25) is 4.79 Å². The zero-order valence-electron chi connectivity index (χ0n) is 16.3. The number of nitrogens with zero attached hydrogens (tertiary/aromatic N) is 3. The lowest BCUT2D eigenvalue weighted by Gasteiger charge is -2.32. The third kappa shape index (κ3) is 5.62. The summed E-state index contributed by atoms with van der Waals surface area (Å²) in [6, 6.07) is 12.4. The van der Waals surface area contributed by atoms with E-state index in [1.54, 1.807) is 0 Å². The van der Waals surface area contributed by atoms with Crippen LogP contribution in [0.4, 0.5) is 24.7 Å². The topological polar surface area (TPSA) is 48.5 Å². The standard InChI is InChI=1S/C21H25F3N4O/c1-27(18-5-3-2-4-6-18)14-11-25-20(29)16-9-12-28(13-10-16)19-8-7-17(15-26-19)21(22,23)24/h2-8,15-16H,9-14H2,1H3,(H,25,29). The molecule has 0 unspecified atom stereocenters. The van der Waals surface area contributed by atoms with Crippen molar-refractivity contribution < 1.29 is 18.0 Å². The van der Waals surface area contributed by atoms with Crippen LogP contribution < -0.4 is 15.1 Å². The highest BCUT2D eigenvalue weighted by molar-refractivity contribution is 5.79. The lowest BCUT2D eigenvalue weighted by molar-refractivity contribution is -0.137. The molecule has 5 nitrogen and oxygen atoms in total. The van der Waals surface area contributed by atoms with Gasteiger partial charge in [0.1, 0.15) is 5.82 Å². The third-order valence-corrected chi connectivity index (χ3v) is 5.21. The SMILES string of the molecule is CN(CCNC(=O)C1CCN(c2ccc(C(F)(F)F)cn2)CC1)c1ccccc1. The second-order valence-corrected chi connectivity index (χ2v) is 7.21. The van der Waals surface area contributed by atoms with E-state index in [1.807, 2.05) is 42.3 Å². The maximum atomic E-state index is 12.6. The summed E-state index contributed by atoms with van der Waals surface area (Å²) in [7, 11) is 1.98. The van der Waals surface area contributed by atoms with E-state index in [4.69, 9.17) is 0 Å². The summed E-state index contributed by atoms with van der Waals surface area (Å²) in [5.74, 6) is 0.468. The number of likely N-dealkylation sites (N-methyl/N-ethyl adjacent to an activating group) is 1. The first-order valence-corrected chi connectivity index (χ1v) is 9.66. The number of amides is 1. The van der Waals surface area contributed by atoms with Gasteiger partial charge in [-0.1, -0.05) is 18.2 Å². The van der Waals surface area contributed by atoms with Crippen molar-refractivity contribution in [3.05, 3.63) is 54.2 Å². The lowest BCUT2D eigenvalue weighted by atomic mass is 9.96. The highest BCUT2D eigenvalue weighted by atomic mass is 19.4. The number of benzene rings is 1. The van der Waals surface area contributed by atoms with Crippen LogP contribution >= 0.6 is 0 Å². The molecule has 0 spiro atoms. The Morgan fingerprint density at radius 2 is 1.86 bits per heavy atom. The van der Waals surface area contributed by atoms with Gasteiger partial charge in [0.25, 0.3) is 0 Å². The van der Waals surface area contributed by atoms with E-state index < -0.39 is 11.7 Å². The van der Waals surface area contributed by atoms with Crippen LogP contribution in [-0.2, 0) is 11.0 Å². The van der Waals surface area contributed by atoms with Gasteiger partial charge in [0.05, 0.1) is 5.56 Å². The van der Waals surface area contributed by atoms with Crippen molar-refractivity contribution in [2.24, 2.45) is 5.92 Å². The van der Waals surface area contributed by atoms with Crippen molar-refractivity contribution >= 4 is 17.4 Å². The molecule has 1 fully saturated rings. The first kappa shape index (κ1) is 21.0. The summed E-state index contributed by atoms with van der Waals surface area (Å²) in [6.07, 6.45) is -2.21. The average molecular weight is 406 g/mol. The smallest absolute Gasteiger partial charge is 0.373 e. The molecule has 0 aliphatic carbocycles. The van der Waals surface area contributed by atoms with Gasteiger partial charge in [-0.25, -0.2) is 4.98 Å². The molecule has 8 heteroatoms. The first-order chi connectivity index (χ1) is 13.8. The van der Waals surface area contributed by atoms with Crippen LogP contribution in [0.3, 0.4) is 0 Å². The molecule has 1 N–H and O–H groups in total. The molecule has 2 heterocycles. The van der Waals surface area contributed by atoms with Crippen LogP contribution in [0.2, 0.25) is 0 Å². The minimum atomic E-state index is -4.38. The van der Waals surface area contributed by atoms with Crippen molar-refractivity contribution in [3.63, 3.8) is 0 Å². The zero-order valence-corrected chi connectivity index (χ0v) is 16.3. The number of pyridine rings is 1. The van der Waals surface area contributed by atoms with Crippen molar-refractivity contribution in [3.8, 4) is 0 Å². The summed E-state index contributed by atoms with van der Waals surface area (Å²) in [4.78, 5) is 20.4. The molecule has 29 heavy (non-hydrogen) atoms. The minimum Gasteiger partial charge on any atom is -0.373 e. The molecule has 1 aromatic carbocycles. The van der Waals surface area contributed by atoms with Crippen molar-refractivity contribution in [2.45, 2.75) is 19.0 Å². The summed E-state index contributed by atoms with van der Waals surface area (Å²) in [5, 5.41) is 2.99. The number of anilines is 2. The molecular weight excluding hydrogens is 381 g/mol. The van der Waals surface area contributed by atoms with E-state index in [0.717, 1.165) is 18.0 Å². The molecule has 0 bridgehead atoms. The fourth-order valence-electron chi connectivity index (χ4n) is 3.41. The molecule has 2 aromatic rings. The fraction of sp³-hybridized carbons (Fsp3) is 0.429. The number of nitrogens with one attached hydrogen (secondary N) is 1. The van der Waals surface area contributed by atoms with Gasteiger partial charge in [-0.15, -0.1) is 0 Å². The fourth-order valence-corrected chi connectivity index (χ4v) is 3.41. The number of alkyl halides is 3. The molecule has 0 saturated carbocycles. The molecule has 0 atom stereocenters. The van der Waals surface area contributed by atoms with Gasteiger partial charge in [-0.05, 0) is 37.1 Å². The molecule has 0 radical (unpaired) electrons. The van der Waals surface area contributed by atoms with Crippen molar-refractivity contribution in [1.82, 2.24) is 10.3 Å². The Labute approximate surface area is 168 Å². The number of rotatable bonds is 6. The Morgan fingerprint density at radius 3 is 2.45 bits per heavy atom. The minimum absolute atomic E-state index is 0.0338. The average Bonchev–Trinajstić information content (AvgIpc) is 2.74. The number of para-hydroxylation sites is 1. The molecular formula is C21H25F3N4O. The predicted octanol–water partition coefficient (Wildman–Crippen LogP) is 3.57. The summed E-state index contributed by atoms with van der Waals surface area (Å²) < 4.78 is 37.9. The highest BCUT2D eigenvalue weighted by Crippen LogP contribution is 2.30. The van der Waals surface area contributed by atoms with Crippen LogP contribution in [0.15, 0.2) is 48.7 Å². The number of carbonyl (C=O) groups is 1. The Bertz CT molecular complexity index is 788. The maximum Gasteiger partial charge on any atom is 0.417 e. The Balaban J connectivity index is 1.42. The van der Waals surface area contributed by atoms with Gasteiger partial charge in [0.2, 0.25) is 5.91 Å². The second-order valence-electron chi connectivity index (χ2n) is 7.21. The van der Waals surface area contributed by atoms with Crippen molar-refractivity contribution in [2.75, 3.05) is 43.0 Å². The Kier molecular flexibility index (Phi) is 6.61. The van der Waals surface area contributed by atoms with Crippen molar-refractivity contribution in [1.29, 1.82) is 0 Å². The normalized spacial score (nSPS) is 15.2. The zero-order chi connectivity index (χ0) is 20.9. The van der Waals surface area contributed by atoms with Crippen LogP contribution in [-0.4, -0.2) is 44.1 Å². The van der Waals surface area contributed by atoms with E-state index in [9.17, 15) is 18.0 Å². The number of halogens is 3. The van der Waals surface area contributed by atoms with E-state index in [1.165, 1.54) is 6.07 Å². The Morgan fingerprint density at radius 1 is 1.17 bits per heavy atom. The third-order valence-electron chi connectivity index (χ3n) is 5.21. The van der Waals surface area contributed by atoms with Gasteiger partial charge in [-0.2, -0.15) is 13.2 Å². The molecule has 1 aliphatic rings. The molecule has 1 aromatic heterocycles. The quantitative estimate of drug-likeness (QED) is 0.797. The summed E-state index contributed by atoms with van der Waals surface area (Å²) >= 11 is 0. The molecule has 1 amide bonds. The van der Waals surface area contributed by atoms with Crippen LogP contribution in [0.25, 0.3) is 0 Å². The number of carbonyl (C=O) groups excluding carboxylic acids is 1. The molecule has 1 aliphatic heterocycles. The van der Waals surface area contributed by atoms with Gasteiger partial charge >= 0.3 is 6.18 Å². The second kappa shape index (κ2) is 9.15. The lowest BCUT2D eigenvalue weighted by Crippen LogP contribution is -2.42. The van der Waals surface area contributed by atoms with Gasteiger partial charge in [0, 0.05) is 51.0 Å². The van der Waals surface area contributed by atoms with Crippen LogP contribution in [0.5, 0.6) is 0 Å². The molecule has 3 rings (SSSR count). The number of piperidine rings is 1. The van der Waals surface area contributed by atoms with Gasteiger partial charge < -0.3 is 15.1 Å². The first-order valence-electron chi connectivity index (χ1n) is 9.66. The van der Waals surface area contributed by atoms with Crippen LogP contribution in [0, 0.1) is 5.92 Å². The monoisotopic (exact) mass is 406 g/mol. The highest BCUT2D eigenvalue weighted by Gasteiger charge is 2.31. The van der Waals surface area contributed by atoms with E-state index in [0.29, 0.717) is 44.8 Å². The largest absolute Gasteiger partial charge is 0.417 e. The molecule has 156 valence electrons. The summed E-state index contributed by atoms with van der Waals surface area (Å²) in [6.45, 7) is 2.47. The summed E-state index contributed by atoms with van der Waals surface area (Å²) in [5.41, 5.74) is 0.343. The number of aromatic nitrogens is 1. The molecule has 1 saturated heterocycles. The van der Waals surface area contributed by atoms with Gasteiger partial charge in [0.15, 0.2) is 0 Å². The van der Waals surface area contributed by atoms with E-state index >= 15 is 0 Å². The Hall–Kier alpha value is -2.77. The predicted molar refractivity (Wildman–Crippen MR) is 107 cm³/mol.